The predicted molar refractivity (Wildman–Crippen MR) is 89.0 cm³/mol. The van der Waals surface area contributed by atoms with Crippen LogP contribution in [-0.2, 0) is 4.79 Å². The maximum Gasteiger partial charge on any atom is 0.252 e. The van der Waals surface area contributed by atoms with Crippen molar-refractivity contribution in [2.45, 2.75) is 24.9 Å². The first-order chi connectivity index (χ1) is 10.5. The van der Waals surface area contributed by atoms with Crippen molar-refractivity contribution in [1.82, 2.24) is 10.2 Å². The van der Waals surface area contributed by atoms with Crippen LogP contribution in [0, 0.1) is 0 Å². The Hall–Kier alpha value is -1.59. The van der Waals surface area contributed by atoms with Crippen LogP contribution in [0.2, 0.25) is 0 Å². The van der Waals surface area contributed by atoms with Crippen molar-refractivity contribution < 1.29 is 9.90 Å². The zero-order valence-corrected chi connectivity index (χ0v) is 13.6. The van der Waals surface area contributed by atoms with Crippen molar-refractivity contribution in [3.8, 4) is 0 Å². The van der Waals surface area contributed by atoms with Gasteiger partial charge >= 0.3 is 0 Å². The molecule has 1 fully saturated rings. The number of aliphatic hydroxyl groups is 1. The second kappa shape index (κ2) is 7.61. The number of hydrogen-bond donors (Lipinski definition) is 2. The van der Waals surface area contributed by atoms with Gasteiger partial charge in [0, 0.05) is 38.9 Å². The van der Waals surface area contributed by atoms with Gasteiger partial charge in [0.15, 0.2) is 0 Å². The lowest BCUT2D eigenvalue weighted by Crippen LogP contribution is -2.53. The second-order valence-electron chi connectivity index (χ2n) is 6.20. The summed E-state index contributed by atoms with van der Waals surface area (Å²) in [5.74, 6) is -0.219. The quantitative estimate of drug-likeness (QED) is 0.773. The summed E-state index contributed by atoms with van der Waals surface area (Å²) in [7, 11) is 4.05. The number of benzene rings is 1. The van der Waals surface area contributed by atoms with Crippen LogP contribution in [0.15, 0.2) is 30.3 Å². The molecule has 0 radical (unpaired) electrons. The number of para-hydroxylation sites is 1. The molecular formula is C17H27N3O2. The highest BCUT2D eigenvalue weighted by atomic mass is 16.3. The number of nitrogens with one attached hydrogen (secondary N) is 1. The van der Waals surface area contributed by atoms with Gasteiger partial charge in [-0.2, -0.15) is 0 Å². The molecule has 1 aromatic rings. The minimum Gasteiger partial charge on any atom is -0.380 e. The second-order valence-corrected chi connectivity index (χ2v) is 6.20. The summed E-state index contributed by atoms with van der Waals surface area (Å²) in [4.78, 5) is 16.4. The smallest absolute Gasteiger partial charge is 0.252 e. The van der Waals surface area contributed by atoms with Crippen molar-refractivity contribution >= 4 is 11.6 Å². The molecule has 1 amide bonds. The van der Waals surface area contributed by atoms with Crippen molar-refractivity contribution in [2.75, 3.05) is 45.2 Å². The molecule has 1 saturated heterocycles. The first-order valence-electron chi connectivity index (χ1n) is 7.97. The number of carbonyl (C=O) groups excluding carboxylic acids is 1. The zero-order valence-electron chi connectivity index (χ0n) is 13.6. The van der Waals surface area contributed by atoms with E-state index in [2.05, 4.69) is 27.2 Å². The van der Waals surface area contributed by atoms with Crippen molar-refractivity contribution in [2.24, 2.45) is 0 Å². The van der Waals surface area contributed by atoms with Crippen LogP contribution in [0.3, 0.4) is 0 Å². The lowest BCUT2D eigenvalue weighted by molar-refractivity contribution is -0.144. The minimum atomic E-state index is -1.18. The van der Waals surface area contributed by atoms with Gasteiger partial charge in [-0.1, -0.05) is 18.2 Å². The third-order valence-corrected chi connectivity index (χ3v) is 4.39. The number of likely N-dealkylation sites (tertiary alicyclic amines) is 1. The maximum atomic E-state index is 12.1. The van der Waals surface area contributed by atoms with E-state index in [1.807, 2.05) is 32.3 Å². The molecule has 0 saturated carbocycles. The molecule has 22 heavy (non-hydrogen) atoms. The van der Waals surface area contributed by atoms with E-state index in [9.17, 15) is 9.90 Å². The van der Waals surface area contributed by atoms with E-state index in [0.29, 0.717) is 19.4 Å². The van der Waals surface area contributed by atoms with E-state index in [1.165, 1.54) is 5.69 Å². The van der Waals surface area contributed by atoms with Crippen LogP contribution in [-0.4, -0.2) is 61.8 Å². The molecule has 1 heterocycles. The Labute approximate surface area is 132 Å². The number of anilines is 1. The van der Waals surface area contributed by atoms with Gasteiger partial charge in [-0.3, -0.25) is 4.79 Å². The van der Waals surface area contributed by atoms with Crippen LogP contribution >= 0.6 is 0 Å². The molecule has 1 aliphatic heterocycles. The molecule has 5 nitrogen and oxygen atoms in total. The summed E-state index contributed by atoms with van der Waals surface area (Å²) in [5, 5.41) is 13.3. The summed E-state index contributed by atoms with van der Waals surface area (Å²) in [6, 6.07) is 10.2. The van der Waals surface area contributed by atoms with Crippen molar-refractivity contribution in [3.63, 3.8) is 0 Å². The van der Waals surface area contributed by atoms with Crippen LogP contribution in [0.1, 0.15) is 19.3 Å². The molecule has 5 heteroatoms. The van der Waals surface area contributed by atoms with E-state index >= 15 is 0 Å². The third kappa shape index (κ3) is 4.45. The summed E-state index contributed by atoms with van der Waals surface area (Å²) in [5.41, 5.74) is -0.0135. The standard InChI is InChI=1S/C17H27N3O2/c1-19-13-9-17(22,10-14-19)16(21)18-11-6-12-20(2)15-7-4-3-5-8-15/h3-5,7-8,22H,6,9-14H2,1-2H3,(H,18,21). The Morgan fingerprint density at radius 1 is 1.32 bits per heavy atom. The molecule has 2 N–H and O–H groups in total. The number of rotatable bonds is 6. The normalized spacial score (nSPS) is 18.0. The number of hydrogen-bond acceptors (Lipinski definition) is 4. The average Bonchev–Trinajstić information content (AvgIpc) is 2.55. The number of carbonyl (C=O) groups is 1. The number of amides is 1. The average molecular weight is 305 g/mol. The molecule has 122 valence electrons. The topological polar surface area (TPSA) is 55.8 Å². The van der Waals surface area contributed by atoms with E-state index in [4.69, 9.17) is 0 Å². The molecular weight excluding hydrogens is 278 g/mol. The summed E-state index contributed by atoms with van der Waals surface area (Å²) in [6.45, 7) is 2.99. The molecule has 0 aliphatic carbocycles. The van der Waals surface area contributed by atoms with E-state index < -0.39 is 5.60 Å². The molecule has 0 unspecified atom stereocenters. The van der Waals surface area contributed by atoms with Gasteiger partial charge in [-0.25, -0.2) is 0 Å². The van der Waals surface area contributed by atoms with Crippen LogP contribution in [0.25, 0.3) is 0 Å². The molecule has 2 rings (SSSR count). The first kappa shape index (κ1) is 16.8. The van der Waals surface area contributed by atoms with E-state index in [-0.39, 0.29) is 5.91 Å². The highest BCUT2D eigenvalue weighted by molar-refractivity contribution is 5.85. The van der Waals surface area contributed by atoms with E-state index in [1.54, 1.807) is 0 Å². The third-order valence-electron chi connectivity index (χ3n) is 4.39. The number of nitrogens with zero attached hydrogens (tertiary/aromatic N) is 2. The summed E-state index contributed by atoms with van der Waals surface area (Å²) >= 11 is 0. The fraction of sp³-hybridized carbons (Fsp3) is 0.588. The van der Waals surface area contributed by atoms with Gasteiger partial charge in [0.2, 0.25) is 0 Å². The highest BCUT2D eigenvalue weighted by Gasteiger charge is 2.38. The molecule has 0 atom stereocenters. The van der Waals surface area contributed by atoms with Crippen LogP contribution < -0.4 is 10.2 Å². The molecule has 0 aromatic heterocycles. The SMILES string of the molecule is CN1CCC(O)(C(=O)NCCCN(C)c2ccccc2)CC1. The van der Waals surface area contributed by atoms with Crippen LogP contribution in [0.5, 0.6) is 0 Å². The molecule has 0 spiro atoms. The lowest BCUT2D eigenvalue weighted by atomic mass is 9.91. The van der Waals surface area contributed by atoms with Crippen molar-refractivity contribution in [1.29, 1.82) is 0 Å². The van der Waals surface area contributed by atoms with Crippen molar-refractivity contribution in [3.05, 3.63) is 30.3 Å². The van der Waals surface area contributed by atoms with Gasteiger partial charge in [-0.05, 0) is 38.4 Å². The Balaban J connectivity index is 1.69. The highest BCUT2D eigenvalue weighted by Crippen LogP contribution is 2.21. The van der Waals surface area contributed by atoms with Gasteiger partial charge in [0.05, 0.1) is 0 Å². The summed E-state index contributed by atoms with van der Waals surface area (Å²) < 4.78 is 0. The predicted octanol–water partition coefficient (Wildman–Crippen LogP) is 1.09. The molecule has 1 aliphatic rings. The van der Waals surface area contributed by atoms with Gasteiger partial charge in [-0.15, -0.1) is 0 Å². The largest absolute Gasteiger partial charge is 0.380 e. The maximum absolute atomic E-state index is 12.1. The summed E-state index contributed by atoms with van der Waals surface area (Å²) in [6.07, 6.45) is 1.88. The fourth-order valence-corrected chi connectivity index (χ4v) is 2.71. The Morgan fingerprint density at radius 2 is 1.95 bits per heavy atom. The Kier molecular flexibility index (Phi) is 5.80. The number of piperidine rings is 1. The van der Waals surface area contributed by atoms with Gasteiger partial charge in [0.1, 0.15) is 5.60 Å². The van der Waals surface area contributed by atoms with Gasteiger partial charge < -0.3 is 20.2 Å². The lowest BCUT2D eigenvalue weighted by Gasteiger charge is -2.35. The molecule has 1 aromatic carbocycles. The van der Waals surface area contributed by atoms with Gasteiger partial charge in [0.25, 0.3) is 5.91 Å². The van der Waals surface area contributed by atoms with Crippen LogP contribution in [0.4, 0.5) is 5.69 Å². The molecule has 0 bridgehead atoms. The zero-order chi connectivity index (χ0) is 16.0. The Bertz CT molecular complexity index is 470. The monoisotopic (exact) mass is 305 g/mol. The Morgan fingerprint density at radius 3 is 2.59 bits per heavy atom. The first-order valence-corrected chi connectivity index (χ1v) is 7.97. The fourth-order valence-electron chi connectivity index (χ4n) is 2.71. The van der Waals surface area contributed by atoms with E-state index in [0.717, 1.165) is 26.1 Å². The minimum absolute atomic E-state index is 0.219.